The Hall–Kier alpha value is -0.240. The molecule has 2 unspecified atom stereocenters. The van der Waals surface area contributed by atoms with E-state index in [2.05, 4.69) is 5.32 Å². The number of carbonyl (C=O) groups excluding carboxylic acids is 1. The molecule has 0 heterocycles. The first kappa shape index (κ1) is 13.2. The Bertz CT molecular complexity index is 245. The number of alkyl halides is 1. The van der Waals surface area contributed by atoms with E-state index in [0.29, 0.717) is 11.8 Å². The highest BCUT2D eigenvalue weighted by molar-refractivity contribution is 6.17. The topological polar surface area (TPSA) is 29.1 Å². The minimum Gasteiger partial charge on any atom is -0.356 e. The molecule has 2 aliphatic rings. The van der Waals surface area contributed by atoms with Crippen molar-refractivity contribution in [1.82, 2.24) is 5.32 Å². The van der Waals surface area contributed by atoms with Crippen molar-refractivity contribution in [3.8, 4) is 0 Å². The molecule has 0 aromatic heterocycles. The number of hydrogen-bond acceptors (Lipinski definition) is 1. The van der Waals surface area contributed by atoms with Gasteiger partial charge in [0, 0.05) is 18.3 Å². The molecule has 0 radical (unpaired) electrons. The number of hydrogen-bond donors (Lipinski definition) is 1. The molecule has 0 aliphatic heterocycles. The number of unbranched alkanes of at least 4 members (excludes halogenated alkanes) is 3. The zero-order valence-electron chi connectivity index (χ0n) is 10.6. The Kier molecular flexibility index (Phi) is 5.15. The number of amides is 1. The predicted octanol–water partition coefficient (Wildman–Crippen LogP) is 3.34. The molecule has 2 nitrogen and oxygen atoms in total. The van der Waals surface area contributed by atoms with Crippen LogP contribution in [0.1, 0.15) is 51.4 Å². The van der Waals surface area contributed by atoms with E-state index in [4.69, 9.17) is 11.6 Å². The zero-order valence-corrected chi connectivity index (χ0v) is 11.3. The molecule has 0 spiro atoms. The smallest absolute Gasteiger partial charge is 0.223 e. The molecule has 0 saturated heterocycles. The molecule has 98 valence electrons. The lowest BCUT2D eigenvalue weighted by Crippen LogP contribution is -2.27. The Morgan fingerprint density at radius 2 is 1.71 bits per heavy atom. The van der Waals surface area contributed by atoms with Crippen molar-refractivity contribution < 1.29 is 4.79 Å². The lowest BCUT2D eigenvalue weighted by atomic mass is 10.0. The number of rotatable bonds is 7. The van der Waals surface area contributed by atoms with Crippen LogP contribution < -0.4 is 5.32 Å². The molecule has 17 heavy (non-hydrogen) atoms. The van der Waals surface area contributed by atoms with E-state index < -0.39 is 0 Å². The van der Waals surface area contributed by atoms with Crippen molar-refractivity contribution in [2.75, 3.05) is 12.4 Å². The summed E-state index contributed by atoms with van der Waals surface area (Å²) in [6.45, 7) is 0.858. The molecular formula is C14H24ClNO. The first-order valence-electron chi connectivity index (χ1n) is 7.18. The van der Waals surface area contributed by atoms with Gasteiger partial charge in [-0.05, 0) is 37.5 Å². The van der Waals surface area contributed by atoms with Crippen molar-refractivity contribution in [2.45, 2.75) is 51.4 Å². The van der Waals surface area contributed by atoms with Crippen molar-refractivity contribution in [2.24, 2.45) is 17.8 Å². The summed E-state index contributed by atoms with van der Waals surface area (Å²) in [5.41, 5.74) is 0. The monoisotopic (exact) mass is 257 g/mol. The van der Waals surface area contributed by atoms with Crippen LogP contribution in [0.4, 0.5) is 0 Å². The van der Waals surface area contributed by atoms with Crippen molar-refractivity contribution in [3.05, 3.63) is 0 Å². The molecular weight excluding hydrogens is 234 g/mol. The van der Waals surface area contributed by atoms with E-state index in [9.17, 15) is 4.79 Å². The minimum atomic E-state index is 0.333. The van der Waals surface area contributed by atoms with E-state index in [0.717, 1.165) is 37.1 Å². The van der Waals surface area contributed by atoms with Gasteiger partial charge in [0.1, 0.15) is 0 Å². The third-order valence-corrected chi connectivity index (χ3v) is 4.59. The maximum absolute atomic E-state index is 11.9. The van der Waals surface area contributed by atoms with E-state index in [1.807, 2.05) is 0 Å². The van der Waals surface area contributed by atoms with Gasteiger partial charge in [0.25, 0.3) is 0 Å². The molecule has 0 aromatic carbocycles. The van der Waals surface area contributed by atoms with Crippen molar-refractivity contribution in [1.29, 1.82) is 0 Å². The molecule has 2 saturated carbocycles. The van der Waals surface area contributed by atoms with Crippen LogP contribution in [0.15, 0.2) is 0 Å². The SMILES string of the molecule is O=C(NCCCCCCCl)C1C2CCCCC21. The van der Waals surface area contributed by atoms with Gasteiger partial charge in [0.2, 0.25) is 5.91 Å². The average Bonchev–Trinajstić information content (AvgIpc) is 3.07. The van der Waals surface area contributed by atoms with E-state index >= 15 is 0 Å². The summed E-state index contributed by atoms with van der Waals surface area (Å²) in [5.74, 6) is 2.94. The van der Waals surface area contributed by atoms with Crippen LogP contribution in [0.5, 0.6) is 0 Å². The van der Waals surface area contributed by atoms with Crippen LogP contribution in [0.25, 0.3) is 0 Å². The van der Waals surface area contributed by atoms with Crippen LogP contribution in [-0.4, -0.2) is 18.3 Å². The highest BCUT2D eigenvalue weighted by Gasteiger charge is 2.54. The molecule has 0 aromatic rings. The fraction of sp³-hybridized carbons (Fsp3) is 0.929. The van der Waals surface area contributed by atoms with Gasteiger partial charge >= 0.3 is 0 Å². The molecule has 2 fully saturated rings. The average molecular weight is 258 g/mol. The van der Waals surface area contributed by atoms with Gasteiger partial charge in [-0.25, -0.2) is 0 Å². The second kappa shape index (κ2) is 6.63. The summed E-state index contributed by atoms with van der Waals surface area (Å²) in [7, 11) is 0. The maximum atomic E-state index is 11.9. The summed E-state index contributed by atoms with van der Waals surface area (Å²) in [5, 5.41) is 3.11. The number of halogens is 1. The third-order valence-electron chi connectivity index (χ3n) is 4.32. The van der Waals surface area contributed by atoms with Gasteiger partial charge in [0.05, 0.1) is 0 Å². The van der Waals surface area contributed by atoms with Crippen molar-refractivity contribution >= 4 is 17.5 Å². The predicted molar refractivity (Wildman–Crippen MR) is 71.1 cm³/mol. The molecule has 1 amide bonds. The normalized spacial score (nSPS) is 30.8. The summed E-state index contributed by atoms with van der Waals surface area (Å²) < 4.78 is 0. The number of fused-ring (bicyclic) bond motifs is 1. The second-order valence-corrected chi connectivity index (χ2v) is 5.91. The van der Waals surface area contributed by atoms with Crippen LogP contribution in [-0.2, 0) is 4.79 Å². The highest BCUT2D eigenvalue weighted by Crippen LogP contribution is 2.55. The Labute approximate surface area is 109 Å². The fourth-order valence-electron chi connectivity index (χ4n) is 3.28. The lowest BCUT2D eigenvalue weighted by molar-refractivity contribution is -0.122. The third kappa shape index (κ3) is 3.61. The standard InChI is InChI=1S/C14H24ClNO/c15-9-5-1-2-6-10-16-14(17)13-11-7-3-4-8-12(11)13/h11-13H,1-10H2,(H,16,17). The van der Waals surface area contributed by atoms with Gasteiger partial charge < -0.3 is 5.32 Å². The van der Waals surface area contributed by atoms with Gasteiger partial charge in [-0.1, -0.05) is 25.7 Å². The van der Waals surface area contributed by atoms with E-state index in [-0.39, 0.29) is 0 Å². The number of carbonyl (C=O) groups is 1. The minimum absolute atomic E-state index is 0.333. The van der Waals surface area contributed by atoms with Crippen LogP contribution in [0.2, 0.25) is 0 Å². The summed E-state index contributed by atoms with van der Waals surface area (Å²) in [6, 6.07) is 0. The first-order valence-corrected chi connectivity index (χ1v) is 7.71. The maximum Gasteiger partial charge on any atom is 0.223 e. The highest BCUT2D eigenvalue weighted by atomic mass is 35.5. The van der Waals surface area contributed by atoms with Gasteiger partial charge in [-0.2, -0.15) is 0 Å². The summed E-state index contributed by atoms with van der Waals surface area (Å²) >= 11 is 5.61. The van der Waals surface area contributed by atoms with Gasteiger partial charge in [-0.15, -0.1) is 11.6 Å². The van der Waals surface area contributed by atoms with Crippen molar-refractivity contribution in [3.63, 3.8) is 0 Å². The first-order chi connectivity index (χ1) is 8.34. The molecule has 2 aliphatic carbocycles. The molecule has 0 bridgehead atoms. The Morgan fingerprint density at radius 1 is 1.06 bits per heavy atom. The quantitative estimate of drug-likeness (QED) is 0.550. The Balaban J connectivity index is 1.53. The fourth-order valence-corrected chi connectivity index (χ4v) is 3.47. The molecule has 2 rings (SSSR count). The van der Waals surface area contributed by atoms with E-state index in [1.54, 1.807) is 0 Å². The van der Waals surface area contributed by atoms with Gasteiger partial charge in [0.15, 0.2) is 0 Å². The summed E-state index contributed by atoms with van der Waals surface area (Å²) in [4.78, 5) is 11.9. The Morgan fingerprint density at radius 3 is 2.35 bits per heavy atom. The van der Waals surface area contributed by atoms with Crippen LogP contribution in [0.3, 0.4) is 0 Å². The van der Waals surface area contributed by atoms with E-state index in [1.165, 1.54) is 38.5 Å². The molecule has 1 N–H and O–H groups in total. The lowest BCUT2D eigenvalue weighted by Gasteiger charge is -2.04. The summed E-state index contributed by atoms with van der Waals surface area (Å²) in [6.07, 6.45) is 9.83. The molecule has 3 heteroatoms. The van der Waals surface area contributed by atoms with Crippen LogP contribution >= 0.6 is 11.6 Å². The second-order valence-electron chi connectivity index (χ2n) is 5.53. The molecule has 2 atom stereocenters. The van der Waals surface area contributed by atoms with Crippen LogP contribution in [0, 0.1) is 17.8 Å². The largest absolute Gasteiger partial charge is 0.356 e. The zero-order chi connectivity index (χ0) is 12.1. The van der Waals surface area contributed by atoms with Gasteiger partial charge in [-0.3, -0.25) is 4.79 Å². The number of nitrogens with one attached hydrogen (secondary N) is 1.